The van der Waals surface area contributed by atoms with Crippen molar-refractivity contribution in [2.45, 2.75) is 37.8 Å². The number of methoxy groups -OCH3 is 2. The predicted octanol–water partition coefficient (Wildman–Crippen LogP) is 5.96. The van der Waals surface area contributed by atoms with Gasteiger partial charge in [-0.05, 0) is 59.5 Å². The summed E-state index contributed by atoms with van der Waals surface area (Å²) in [6, 6.07) is 28.0. The Morgan fingerprint density at radius 3 is 2.11 bits per heavy atom. The molecule has 4 aromatic rings. The number of hydrogen-bond donors (Lipinski definition) is 1. The Labute approximate surface area is 282 Å². The van der Waals surface area contributed by atoms with Crippen molar-refractivity contribution in [1.29, 1.82) is 0 Å². The molecule has 0 heterocycles. The van der Waals surface area contributed by atoms with E-state index in [0.717, 1.165) is 9.87 Å². The molecule has 0 unspecified atom stereocenters. The summed E-state index contributed by atoms with van der Waals surface area (Å²) in [6.07, 6.45) is 0.209. The van der Waals surface area contributed by atoms with Crippen molar-refractivity contribution in [3.05, 3.63) is 119 Å². The number of nitrogens with one attached hydrogen (secondary N) is 1. The van der Waals surface area contributed by atoms with Crippen LogP contribution in [0.1, 0.15) is 25.0 Å². The predicted molar refractivity (Wildman–Crippen MR) is 184 cm³/mol. The molecule has 1 N–H and O–H groups in total. The van der Waals surface area contributed by atoms with E-state index in [9.17, 15) is 18.0 Å². The van der Waals surface area contributed by atoms with Gasteiger partial charge in [0.1, 0.15) is 24.1 Å². The second-order valence-electron chi connectivity index (χ2n) is 11.4. The molecule has 0 saturated carbocycles. The fourth-order valence-corrected chi connectivity index (χ4v) is 6.68. The van der Waals surface area contributed by atoms with Gasteiger partial charge in [0.15, 0.2) is 0 Å². The Balaban J connectivity index is 1.82. The average Bonchev–Trinajstić information content (AvgIpc) is 3.08. The normalized spacial score (nSPS) is 11.9. The standard InChI is InChI=1S/C36H40ClN3O6S/c1-26(2)23-38-36(42)33(21-27-12-7-5-8-13-27)39(24-28-14-11-15-30(20-28)45-3)35(41)25-40(29-18-19-34(46-4)32(37)22-29)47(43,44)31-16-9-6-10-17-31/h5-20,22,26,33H,21,23-25H2,1-4H3,(H,38,42)/t33-/m0/s1. The molecule has 1 atom stereocenters. The molecule has 0 aliphatic rings. The third-order valence-corrected chi connectivity index (χ3v) is 9.56. The maximum Gasteiger partial charge on any atom is 0.264 e. The van der Waals surface area contributed by atoms with Gasteiger partial charge in [0.2, 0.25) is 11.8 Å². The van der Waals surface area contributed by atoms with Crippen molar-refractivity contribution in [2.24, 2.45) is 5.92 Å². The fourth-order valence-electron chi connectivity index (χ4n) is 5.00. The first-order valence-corrected chi connectivity index (χ1v) is 17.0. The quantitative estimate of drug-likeness (QED) is 0.166. The average molecular weight is 678 g/mol. The monoisotopic (exact) mass is 677 g/mol. The van der Waals surface area contributed by atoms with Crippen LogP contribution in [0, 0.1) is 5.92 Å². The second kappa shape index (κ2) is 16.3. The molecule has 0 saturated heterocycles. The Hall–Kier alpha value is -4.54. The molecule has 248 valence electrons. The number of ether oxygens (including phenoxy) is 2. The molecule has 0 bridgehead atoms. The van der Waals surface area contributed by atoms with Gasteiger partial charge in [0.25, 0.3) is 10.0 Å². The zero-order chi connectivity index (χ0) is 34.0. The molecule has 0 aliphatic carbocycles. The number of nitrogens with zero attached hydrogens (tertiary/aromatic N) is 2. The summed E-state index contributed by atoms with van der Waals surface area (Å²) in [5, 5.41) is 3.16. The molecule has 0 radical (unpaired) electrons. The van der Waals surface area contributed by atoms with Crippen molar-refractivity contribution in [1.82, 2.24) is 10.2 Å². The summed E-state index contributed by atoms with van der Waals surface area (Å²) in [4.78, 5) is 29.9. The number of sulfonamides is 1. The highest BCUT2D eigenvalue weighted by molar-refractivity contribution is 7.92. The van der Waals surface area contributed by atoms with Gasteiger partial charge in [-0.3, -0.25) is 13.9 Å². The Morgan fingerprint density at radius 1 is 0.830 bits per heavy atom. The van der Waals surface area contributed by atoms with Crippen molar-refractivity contribution >= 4 is 39.1 Å². The van der Waals surface area contributed by atoms with Crippen molar-refractivity contribution in [3.8, 4) is 11.5 Å². The number of anilines is 1. The van der Waals surface area contributed by atoms with E-state index in [2.05, 4.69) is 5.32 Å². The lowest BCUT2D eigenvalue weighted by Gasteiger charge is -2.34. The summed E-state index contributed by atoms with van der Waals surface area (Å²) >= 11 is 6.44. The van der Waals surface area contributed by atoms with Crippen LogP contribution in [-0.2, 0) is 32.6 Å². The van der Waals surface area contributed by atoms with E-state index in [4.69, 9.17) is 21.1 Å². The number of amides is 2. The highest BCUT2D eigenvalue weighted by Gasteiger charge is 2.35. The third-order valence-electron chi connectivity index (χ3n) is 7.48. The molecular weight excluding hydrogens is 638 g/mol. The number of halogens is 1. The molecule has 11 heteroatoms. The number of carbonyl (C=O) groups is 2. The van der Waals surface area contributed by atoms with Crippen LogP contribution in [-0.4, -0.2) is 58.5 Å². The zero-order valence-electron chi connectivity index (χ0n) is 26.9. The van der Waals surface area contributed by atoms with Gasteiger partial charge < -0.3 is 19.7 Å². The largest absolute Gasteiger partial charge is 0.497 e. The van der Waals surface area contributed by atoms with Crippen LogP contribution in [0.5, 0.6) is 11.5 Å². The summed E-state index contributed by atoms with van der Waals surface area (Å²) in [6.45, 7) is 3.79. The van der Waals surface area contributed by atoms with Crippen LogP contribution in [0.4, 0.5) is 5.69 Å². The van der Waals surface area contributed by atoms with Crippen LogP contribution in [0.3, 0.4) is 0 Å². The first-order valence-electron chi connectivity index (χ1n) is 15.2. The van der Waals surface area contributed by atoms with Gasteiger partial charge in [-0.25, -0.2) is 8.42 Å². The van der Waals surface area contributed by atoms with Crippen LogP contribution in [0.2, 0.25) is 5.02 Å². The molecule has 4 rings (SSSR count). The first-order chi connectivity index (χ1) is 22.5. The molecule has 0 fully saturated rings. The Kier molecular flexibility index (Phi) is 12.3. The summed E-state index contributed by atoms with van der Waals surface area (Å²) in [5.74, 6) is 0.178. The van der Waals surface area contributed by atoms with Crippen molar-refractivity contribution < 1.29 is 27.5 Å². The van der Waals surface area contributed by atoms with Crippen LogP contribution in [0.15, 0.2) is 108 Å². The smallest absolute Gasteiger partial charge is 0.264 e. The van der Waals surface area contributed by atoms with E-state index in [1.807, 2.05) is 50.2 Å². The number of benzene rings is 4. The van der Waals surface area contributed by atoms with E-state index in [-0.39, 0.29) is 40.4 Å². The van der Waals surface area contributed by atoms with E-state index in [1.54, 1.807) is 49.6 Å². The maximum absolute atomic E-state index is 14.6. The maximum atomic E-state index is 14.6. The lowest BCUT2D eigenvalue weighted by Crippen LogP contribution is -2.53. The Morgan fingerprint density at radius 2 is 1.49 bits per heavy atom. The summed E-state index contributed by atoms with van der Waals surface area (Å²) in [5.41, 5.74) is 1.71. The number of rotatable bonds is 15. The van der Waals surface area contributed by atoms with E-state index >= 15 is 0 Å². The molecule has 0 aromatic heterocycles. The van der Waals surface area contributed by atoms with Gasteiger partial charge in [0, 0.05) is 19.5 Å². The molecule has 0 spiro atoms. The lowest BCUT2D eigenvalue weighted by atomic mass is 10.0. The zero-order valence-corrected chi connectivity index (χ0v) is 28.5. The molecule has 47 heavy (non-hydrogen) atoms. The fraction of sp³-hybridized carbons (Fsp3) is 0.278. The van der Waals surface area contributed by atoms with Crippen molar-refractivity contribution in [2.75, 3.05) is 31.6 Å². The summed E-state index contributed by atoms with van der Waals surface area (Å²) < 4.78 is 40.0. The van der Waals surface area contributed by atoms with Gasteiger partial charge in [-0.15, -0.1) is 0 Å². The molecule has 0 aliphatic heterocycles. The number of carbonyl (C=O) groups excluding carboxylic acids is 2. The molecular formula is C36H40ClN3O6S. The summed E-state index contributed by atoms with van der Waals surface area (Å²) in [7, 11) is -1.26. The lowest BCUT2D eigenvalue weighted by molar-refractivity contribution is -0.140. The SMILES string of the molecule is COc1cccc(CN(C(=O)CN(c2ccc(OC)c(Cl)c2)S(=O)(=O)c2ccccc2)[C@@H](Cc2ccccc2)C(=O)NCC(C)C)c1. The molecule has 2 amide bonds. The second-order valence-corrected chi connectivity index (χ2v) is 13.6. The minimum Gasteiger partial charge on any atom is -0.497 e. The highest BCUT2D eigenvalue weighted by Crippen LogP contribution is 2.32. The minimum atomic E-state index is -4.26. The third kappa shape index (κ3) is 9.27. The van der Waals surface area contributed by atoms with E-state index < -0.39 is 28.5 Å². The number of hydrogen-bond acceptors (Lipinski definition) is 6. The Bertz CT molecular complexity index is 1750. The highest BCUT2D eigenvalue weighted by atomic mass is 35.5. The van der Waals surface area contributed by atoms with Gasteiger partial charge >= 0.3 is 0 Å². The van der Waals surface area contributed by atoms with Crippen molar-refractivity contribution in [3.63, 3.8) is 0 Å². The van der Waals surface area contributed by atoms with E-state index in [0.29, 0.717) is 23.6 Å². The van der Waals surface area contributed by atoms with Crippen LogP contribution in [0.25, 0.3) is 0 Å². The van der Waals surface area contributed by atoms with Gasteiger partial charge in [-0.1, -0.05) is 86.1 Å². The van der Waals surface area contributed by atoms with Gasteiger partial charge in [0.05, 0.1) is 29.8 Å². The van der Waals surface area contributed by atoms with Gasteiger partial charge in [-0.2, -0.15) is 0 Å². The topological polar surface area (TPSA) is 105 Å². The molecule has 9 nitrogen and oxygen atoms in total. The van der Waals surface area contributed by atoms with Crippen LogP contribution >= 0.6 is 11.6 Å². The first kappa shape index (κ1) is 35.3. The molecule has 4 aromatic carbocycles. The van der Waals surface area contributed by atoms with Crippen LogP contribution < -0.4 is 19.1 Å². The minimum absolute atomic E-state index is 0.00500. The van der Waals surface area contributed by atoms with E-state index in [1.165, 1.54) is 36.3 Å².